The number of hydrogen-bond acceptors (Lipinski definition) is 4. The summed E-state index contributed by atoms with van der Waals surface area (Å²) in [6, 6.07) is 7.85. The van der Waals surface area contributed by atoms with Crippen LogP contribution in [0.5, 0.6) is 5.75 Å². The Balaban J connectivity index is 1.91. The third-order valence-electron chi connectivity index (χ3n) is 6.74. The van der Waals surface area contributed by atoms with Crippen molar-refractivity contribution < 1.29 is 14.3 Å². The molecule has 164 valence electrons. The van der Waals surface area contributed by atoms with Crippen molar-refractivity contribution in [1.82, 2.24) is 4.90 Å². The standard InChI is InChI=1S/C27H33NO3/c1-7-11-31-18-10-8-9-17(12-18)23-24-19(13-26(2,3)15-21(24)29)28(6)20-14-27(4,5)16-22(30)25(20)23/h7-10,12,23H,1,11,13-16H2,2-6H3. The van der Waals surface area contributed by atoms with Crippen molar-refractivity contribution in [2.75, 3.05) is 13.7 Å². The molecule has 1 heterocycles. The Morgan fingerprint density at radius 3 is 2.06 bits per heavy atom. The number of allylic oxidation sites excluding steroid dienone is 4. The van der Waals surface area contributed by atoms with E-state index in [2.05, 4.69) is 39.2 Å². The topological polar surface area (TPSA) is 46.6 Å². The molecule has 0 unspecified atom stereocenters. The molecule has 0 aromatic heterocycles. The smallest absolute Gasteiger partial charge is 0.162 e. The van der Waals surface area contributed by atoms with Crippen molar-refractivity contribution in [2.24, 2.45) is 10.8 Å². The molecule has 0 radical (unpaired) electrons. The van der Waals surface area contributed by atoms with Crippen LogP contribution in [0.1, 0.15) is 64.9 Å². The molecule has 0 amide bonds. The van der Waals surface area contributed by atoms with Crippen LogP contribution in [0.2, 0.25) is 0 Å². The van der Waals surface area contributed by atoms with Crippen LogP contribution in [-0.2, 0) is 9.59 Å². The lowest BCUT2D eigenvalue weighted by Gasteiger charge is -2.47. The van der Waals surface area contributed by atoms with Crippen LogP contribution in [0.3, 0.4) is 0 Å². The van der Waals surface area contributed by atoms with Gasteiger partial charge in [0, 0.05) is 48.3 Å². The van der Waals surface area contributed by atoms with Crippen LogP contribution in [0.4, 0.5) is 0 Å². The Morgan fingerprint density at radius 2 is 1.55 bits per heavy atom. The number of carbonyl (C=O) groups is 2. The third-order valence-corrected chi connectivity index (χ3v) is 6.74. The first kappa shape index (κ1) is 21.6. The van der Waals surface area contributed by atoms with Gasteiger partial charge in [0.05, 0.1) is 0 Å². The molecule has 1 aromatic rings. The van der Waals surface area contributed by atoms with Gasteiger partial charge in [0.25, 0.3) is 0 Å². The predicted molar refractivity (Wildman–Crippen MR) is 123 cm³/mol. The number of hydrogen-bond donors (Lipinski definition) is 0. The van der Waals surface area contributed by atoms with Gasteiger partial charge in [-0.3, -0.25) is 9.59 Å². The highest BCUT2D eigenvalue weighted by Gasteiger charge is 2.48. The minimum absolute atomic E-state index is 0.0874. The first-order valence-corrected chi connectivity index (χ1v) is 11.1. The largest absolute Gasteiger partial charge is 0.490 e. The highest BCUT2D eigenvalue weighted by molar-refractivity contribution is 6.06. The van der Waals surface area contributed by atoms with Gasteiger partial charge in [0.15, 0.2) is 11.6 Å². The van der Waals surface area contributed by atoms with E-state index >= 15 is 0 Å². The Hall–Kier alpha value is -2.62. The van der Waals surface area contributed by atoms with Gasteiger partial charge in [-0.25, -0.2) is 0 Å². The molecule has 4 heteroatoms. The zero-order valence-corrected chi connectivity index (χ0v) is 19.4. The summed E-state index contributed by atoms with van der Waals surface area (Å²) in [4.78, 5) is 29.1. The Labute approximate surface area is 185 Å². The van der Waals surface area contributed by atoms with Crippen LogP contribution < -0.4 is 4.74 Å². The highest BCUT2D eigenvalue weighted by Crippen LogP contribution is 2.54. The quantitative estimate of drug-likeness (QED) is 0.599. The SMILES string of the molecule is C=CCOc1cccc(C2C3=C(CC(C)(C)CC3=O)N(C)C3=C2C(=O)CC(C)(C)C3)c1. The van der Waals surface area contributed by atoms with E-state index in [1.165, 1.54) is 0 Å². The number of ether oxygens (including phenoxy) is 1. The molecule has 0 spiro atoms. The van der Waals surface area contributed by atoms with Crippen LogP contribution in [-0.4, -0.2) is 30.1 Å². The van der Waals surface area contributed by atoms with Gasteiger partial charge in [-0.1, -0.05) is 52.5 Å². The van der Waals surface area contributed by atoms with E-state index in [0.29, 0.717) is 19.4 Å². The molecule has 0 bridgehead atoms. The molecule has 4 rings (SSSR count). The molecule has 3 aliphatic rings. The van der Waals surface area contributed by atoms with Gasteiger partial charge in [-0.15, -0.1) is 0 Å². The molecule has 2 aliphatic carbocycles. The molecular weight excluding hydrogens is 386 g/mol. The van der Waals surface area contributed by atoms with Crippen molar-refractivity contribution in [3.05, 3.63) is 65.0 Å². The summed E-state index contributed by atoms with van der Waals surface area (Å²) in [5.74, 6) is 0.725. The van der Waals surface area contributed by atoms with Crippen LogP contribution >= 0.6 is 0 Å². The summed E-state index contributed by atoms with van der Waals surface area (Å²) in [6.45, 7) is 12.7. The summed E-state index contributed by atoms with van der Waals surface area (Å²) < 4.78 is 5.77. The Kier molecular flexibility index (Phi) is 5.23. The lowest BCUT2D eigenvalue weighted by molar-refractivity contribution is -0.119. The second-order valence-corrected chi connectivity index (χ2v) is 10.8. The molecule has 0 fully saturated rings. The minimum atomic E-state index is -0.319. The van der Waals surface area contributed by atoms with Gasteiger partial charge >= 0.3 is 0 Å². The molecule has 0 saturated carbocycles. The van der Waals surface area contributed by atoms with Gasteiger partial charge in [-0.2, -0.15) is 0 Å². The number of nitrogens with zero attached hydrogens (tertiary/aromatic N) is 1. The molecule has 0 saturated heterocycles. The summed E-state index contributed by atoms with van der Waals surface area (Å²) in [7, 11) is 2.04. The number of carbonyl (C=O) groups excluding carboxylic acids is 2. The fraction of sp³-hybridized carbons (Fsp3) is 0.481. The van der Waals surface area contributed by atoms with E-state index in [4.69, 9.17) is 4.74 Å². The van der Waals surface area contributed by atoms with E-state index in [1.54, 1.807) is 6.08 Å². The minimum Gasteiger partial charge on any atom is -0.490 e. The third kappa shape index (κ3) is 3.88. The van der Waals surface area contributed by atoms with Crippen LogP contribution in [0.15, 0.2) is 59.5 Å². The monoisotopic (exact) mass is 419 g/mol. The maximum absolute atomic E-state index is 13.5. The Morgan fingerprint density at radius 1 is 1.00 bits per heavy atom. The normalized spacial score (nSPS) is 22.9. The summed E-state index contributed by atoms with van der Waals surface area (Å²) >= 11 is 0. The average molecular weight is 420 g/mol. The predicted octanol–water partition coefficient (Wildman–Crippen LogP) is 5.57. The average Bonchev–Trinajstić information content (AvgIpc) is 2.66. The van der Waals surface area contributed by atoms with Gasteiger partial charge in [0.1, 0.15) is 12.4 Å². The van der Waals surface area contributed by atoms with Crippen molar-refractivity contribution in [1.29, 1.82) is 0 Å². The van der Waals surface area contributed by atoms with E-state index < -0.39 is 0 Å². The van der Waals surface area contributed by atoms with Crippen molar-refractivity contribution in [2.45, 2.75) is 59.3 Å². The Bertz CT molecular complexity index is 971. The van der Waals surface area contributed by atoms with Crippen LogP contribution in [0, 0.1) is 10.8 Å². The van der Waals surface area contributed by atoms with Crippen molar-refractivity contribution >= 4 is 11.6 Å². The molecular formula is C27H33NO3. The molecule has 4 nitrogen and oxygen atoms in total. The zero-order valence-electron chi connectivity index (χ0n) is 19.4. The fourth-order valence-corrected chi connectivity index (χ4v) is 5.44. The summed E-state index contributed by atoms with van der Waals surface area (Å²) in [5, 5.41) is 0. The highest BCUT2D eigenvalue weighted by atomic mass is 16.5. The zero-order chi connectivity index (χ0) is 22.6. The van der Waals surface area contributed by atoms with E-state index in [9.17, 15) is 9.59 Å². The van der Waals surface area contributed by atoms with E-state index in [1.807, 2.05) is 31.3 Å². The summed E-state index contributed by atoms with van der Waals surface area (Å²) in [6.07, 6.45) is 4.39. The van der Waals surface area contributed by atoms with Crippen molar-refractivity contribution in [3.63, 3.8) is 0 Å². The number of rotatable bonds is 4. The number of ketones is 2. The van der Waals surface area contributed by atoms with Gasteiger partial charge in [0.2, 0.25) is 0 Å². The molecule has 0 atom stereocenters. The lowest BCUT2D eigenvalue weighted by atomic mass is 9.64. The number of benzene rings is 1. The van der Waals surface area contributed by atoms with E-state index in [-0.39, 0.29) is 28.3 Å². The maximum Gasteiger partial charge on any atom is 0.162 e. The molecule has 1 aromatic carbocycles. The number of Topliss-reactive ketones (excluding diaryl/α,β-unsaturated/α-hetero) is 2. The van der Waals surface area contributed by atoms with Gasteiger partial charge in [-0.05, 0) is 41.4 Å². The first-order chi connectivity index (χ1) is 14.5. The fourth-order valence-electron chi connectivity index (χ4n) is 5.44. The van der Waals surface area contributed by atoms with Gasteiger partial charge < -0.3 is 9.64 Å². The molecule has 31 heavy (non-hydrogen) atoms. The first-order valence-electron chi connectivity index (χ1n) is 11.1. The second-order valence-electron chi connectivity index (χ2n) is 10.8. The lowest BCUT2D eigenvalue weighted by Crippen LogP contribution is -2.43. The molecule has 0 N–H and O–H groups in total. The summed E-state index contributed by atoms with van der Waals surface area (Å²) in [5.41, 5.74) is 4.53. The maximum atomic E-state index is 13.5. The molecule has 1 aliphatic heterocycles. The second kappa shape index (κ2) is 7.51. The van der Waals surface area contributed by atoms with E-state index in [0.717, 1.165) is 46.7 Å². The van der Waals surface area contributed by atoms with Crippen LogP contribution in [0.25, 0.3) is 0 Å². The van der Waals surface area contributed by atoms with Crippen molar-refractivity contribution in [3.8, 4) is 5.75 Å².